The van der Waals surface area contributed by atoms with Gasteiger partial charge in [-0.2, -0.15) is 0 Å². The zero-order valence-corrected chi connectivity index (χ0v) is 8.83. The van der Waals surface area contributed by atoms with Crippen molar-refractivity contribution in [1.82, 2.24) is 10.9 Å². The number of carbonyl (C=O) groups excluding carboxylic acids is 2. The van der Waals surface area contributed by atoms with Crippen molar-refractivity contribution in [1.29, 1.82) is 0 Å². The normalized spacial score (nSPS) is 9.47. The summed E-state index contributed by atoms with van der Waals surface area (Å²) < 4.78 is 0. The molecule has 2 N–H and O–H groups in total. The molecule has 0 atom stereocenters. The lowest BCUT2D eigenvalue weighted by Crippen LogP contribution is -2.40. The van der Waals surface area contributed by atoms with E-state index in [-0.39, 0.29) is 11.8 Å². The van der Waals surface area contributed by atoms with Crippen LogP contribution in [0.3, 0.4) is 0 Å². The minimum absolute atomic E-state index is 0.298. The van der Waals surface area contributed by atoms with Crippen molar-refractivity contribution >= 4 is 11.8 Å². The Balaban J connectivity index is 2.62. The number of aryl methyl sites for hydroxylation is 1. The highest BCUT2D eigenvalue weighted by molar-refractivity contribution is 5.95. The summed E-state index contributed by atoms with van der Waals surface area (Å²) in [5, 5.41) is 0. The monoisotopic (exact) mass is 206 g/mol. The van der Waals surface area contributed by atoms with Gasteiger partial charge in [-0.25, -0.2) is 0 Å². The van der Waals surface area contributed by atoms with Crippen LogP contribution in [-0.4, -0.2) is 11.8 Å². The van der Waals surface area contributed by atoms with Crippen molar-refractivity contribution in [2.45, 2.75) is 20.3 Å². The van der Waals surface area contributed by atoms with E-state index in [1.807, 2.05) is 19.1 Å². The molecule has 0 aliphatic heterocycles. The average Bonchev–Trinajstić information content (AvgIpc) is 2.26. The van der Waals surface area contributed by atoms with Gasteiger partial charge in [0.2, 0.25) is 5.91 Å². The Morgan fingerprint density at radius 2 is 1.73 bits per heavy atom. The van der Waals surface area contributed by atoms with Gasteiger partial charge in [-0.05, 0) is 24.1 Å². The molecule has 1 aromatic rings. The maximum atomic E-state index is 11.4. The summed E-state index contributed by atoms with van der Waals surface area (Å²) in [6, 6.07) is 7.25. The standard InChI is InChI=1S/C11H14N2O2/c1-3-9-4-6-10(7-5-9)11(15)13-12-8(2)14/h4-7H,3H2,1-2H3,(H,12,14)(H,13,15). The van der Waals surface area contributed by atoms with E-state index in [4.69, 9.17) is 0 Å². The predicted molar refractivity (Wildman–Crippen MR) is 57.1 cm³/mol. The Morgan fingerprint density at radius 3 is 2.20 bits per heavy atom. The molecule has 0 aromatic heterocycles. The van der Waals surface area contributed by atoms with Crippen LogP contribution in [-0.2, 0) is 11.2 Å². The van der Waals surface area contributed by atoms with E-state index in [9.17, 15) is 9.59 Å². The van der Waals surface area contributed by atoms with E-state index in [0.717, 1.165) is 6.42 Å². The Bertz CT molecular complexity index is 357. The van der Waals surface area contributed by atoms with Crippen LogP contribution in [0.15, 0.2) is 24.3 Å². The number of hydrazine groups is 1. The van der Waals surface area contributed by atoms with E-state index in [2.05, 4.69) is 10.9 Å². The molecule has 15 heavy (non-hydrogen) atoms. The Labute approximate surface area is 88.6 Å². The maximum absolute atomic E-state index is 11.4. The first kappa shape index (κ1) is 11.2. The van der Waals surface area contributed by atoms with Crippen LogP contribution in [0.25, 0.3) is 0 Å². The van der Waals surface area contributed by atoms with Gasteiger partial charge in [-0.3, -0.25) is 20.4 Å². The number of hydrogen-bond acceptors (Lipinski definition) is 2. The molecule has 0 saturated carbocycles. The van der Waals surface area contributed by atoms with E-state index >= 15 is 0 Å². The second-order valence-electron chi connectivity index (χ2n) is 3.19. The molecule has 0 spiro atoms. The Hall–Kier alpha value is -1.84. The van der Waals surface area contributed by atoms with Crippen LogP contribution >= 0.6 is 0 Å². The topological polar surface area (TPSA) is 58.2 Å². The summed E-state index contributed by atoms with van der Waals surface area (Å²) in [4.78, 5) is 22.0. The first-order valence-corrected chi connectivity index (χ1v) is 4.79. The molecule has 4 heteroatoms. The van der Waals surface area contributed by atoms with Crippen LogP contribution in [0, 0.1) is 0 Å². The summed E-state index contributed by atoms with van der Waals surface area (Å²) in [6.07, 6.45) is 0.938. The second kappa shape index (κ2) is 5.14. The lowest BCUT2D eigenvalue weighted by Gasteiger charge is -2.05. The van der Waals surface area contributed by atoms with Crippen LogP contribution in [0.4, 0.5) is 0 Å². The third kappa shape index (κ3) is 3.42. The van der Waals surface area contributed by atoms with Crippen molar-refractivity contribution in [2.24, 2.45) is 0 Å². The smallest absolute Gasteiger partial charge is 0.269 e. The van der Waals surface area contributed by atoms with Gasteiger partial charge < -0.3 is 0 Å². The van der Waals surface area contributed by atoms with Gasteiger partial charge in [0.05, 0.1) is 0 Å². The van der Waals surface area contributed by atoms with E-state index in [0.29, 0.717) is 5.56 Å². The average molecular weight is 206 g/mol. The highest BCUT2D eigenvalue weighted by Crippen LogP contribution is 2.04. The molecule has 0 unspecified atom stereocenters. The summed E-state index contributed by atoms with van der Waals surface area (Å²) in [5.41, 5.74) is 6.23. The van der Waals surface area contributed by atoms with E-state index in [1.54, 1.807) is 12.1 Å². The summed E-state index contributed by atoms with van der Waals surface area (Å²) in [6.45, 7) is 3.38. The fourth-order valence-corrected chi connectivity index (χ4v) is 1.11. The van der Waals surface area contributed by atoms with Crippen molar-refractivity contribution < 1.29 is 9.59 Å². The third-order valence-corrected chi connectivity index (χ3v) is 1.98. The van der Waals surface area contributed by atoms with Gasteiger partial charge in [0, 0.05) is 12.5 Å². The van der Waals surface area contributed by atoms with Crippen molar-refractivity contribution in [2.75, 3.05) is 0 Å². The minimum Gasteiger partial charge on any atom is -0.274 e. The largest absolute Gasteiger partial charge is 0.274 e. The van der Waals surface area contributed by atoms with Gasteiger partial charge in [-0.1, -0.05) is 19.1 Å². The molecule has 0 heterocycles. The first-order valence-electron chi connectivity index (χ1n) is 4.79. The summed E-state index contributed by atoms with van der Waals surface area (Å²) in [5.74, 6) is -0.610. The van der Waals surface area contributed by atoms with Gasteiger partial charge in [0.15, 0.2) is 0 Å². The van der Waals surface area contributed by atoms with Crippen LogP contribution < -0.4 is 10.9 Å². The van der Waals surface area contributed by atoms with Crippen molar-refractivity contribution in [3.63, 3.8) is 0 Å². The molecule has 4 nitrogen and oxygen atoms in total. The Kier molecular flexibility index (Phi) is 3.85. The summed E-state index contributed by atoms with van der Waals surface area (Å²) in [7, 11) is 0. The zero-order valence-electron chi connectivity index (χ0n) is 8.83. The van der Waals surface area contributed by atoms with Crippen LogP contribution in [0.5, 0.6) is 0 Å². The molecule has 1 rings (SSSR count). The predicted octanol–water partition coefficient (Wildman–Crippen LogP) is 1.03. The second-order valence-corrected chi connectivity index (χ2v) is 3.19. The molecule has 0 saturated heterocycles. The molecule has 0 aliphatic carbocycles. The molecule has 1 aromatic carbocycles. The molecular weight excluding hydrogens is 192 g/mol. The van der Waals surface area contributed by atoms with Crippen LogP contribution in [0.2, 0.25) is 0 Å². The van der Waals surface area contributed by atoms with E-state index < -0.39 is 0 Å². The number of amides is 2. The van der Waals surface area contributed by atoms with Gasteiger partial charge in [0.1, 0.15) is 0 Å². The number of carbonyl (C=O) groups is 2. The number of rotatable bonds is 2. The fourth-order valence-electron chi connectivity index (χ4n) is 1.11. The molecule has 0 fully saturated rings. The van der Waals surface area contributed by atoms with Crippen molar-refractivity contribution in [3.8, 4) is 0 Å². The fraction of sp³-hybridized carbons (Fsp3) is 0.273. The highest BCUT2D eigenvalue weighted by atomic mass is 16.2. The number of benzene rings is 1. The third-order valence-electron chi connectivity index (χ3n) is 1.98. The number of nitrogens with one attached hydrogen (secondary N) is 2. The molecule has 0 bridgehead atoms. The van der Waals surface area contributed by atoms with Gasteiger partial charge >= 0.3 is 0 Å². The Morgan fingerprint density at radius 1 is 1.13 bits per heavy atom. The first-order chi connectivity index (χ1) is 7.13. The lowest BCUT2D eigenvalue weighted by molar-refractivity contribution is -0.119. The van der Waals surface area contributed by atoms with Crippen LogP contribution in [0.1, 0.15) is 29.8 Å². The van der Waals surface area contributed by atoms with Gasteiger partial charge in [-0.15, -0.1) is 0 Å². The zero-order chi connectivity index (χ0) is 11.3. The minimum atomic E-state index is -0.312. The quantitative estimate of drug-likeness (QED) is 0.710. The molecule has 80 valence electrons. The molecule has 0 radical (unpaired) electrons. The van der Waals surface area contributed by atoms with Gasteiger partial charge in [0.25, 0.3) is 5.91 Å². The highest BCUT2D eigenvalue weighted by Gasteiger charge is 2.04. The van der Waals surface area contributed by atoms with E-state index in [1.165, 1.54) is 12.5 Å². The summed E-state index contributed by atoms with van der Waals surface area (Å²) >= 11 is 0. The lowest BCUT2D eigenvalue weighted by atomic mass is 10.1. The molecular formula is C11H14N2O2. The van der Waals surface area contributed by atoms with Crippen molar-refractivity contribution in [3.05, 3.63) is 35.4 Å². The maximum Gasteiger partial charge on any atom is 0.269 e. The molecule has 2 amide bonds. The number of hydrogen-bond donors (Lipinski definition) is 2. The molecule has 0 aliphatic rings. The SMILES string of the molecule is CCc1ccc(C(=O)NNC(C)=O)cc1.